The van der Waals surface area contributed by atoms with Gasteiger partial charge in [-0.05, 0) is 113 Å². The van der Waals surface area contributed by atoms with Gasteiger partial charge in [-0.1, -0.05) is 71.6 Å². The van der Waals surface area contributed by atoms with Crippen molar-refractivity contribution in [3.8, 4) is 0 Å². The molecule has 0 N–H and O–H groups in total. The van der Waals surface area contributed by atoms with Gasteiger partial charge in [0.15, 0.2) is 5.78 Å². The van der Waals surface area contributed by atoms with E-state index in [0.29, 0.717) is 5.78 Å². The topological polar surface area (TPSA) is 17.1 Å². The number of hydrogen-bond donors (Lipinski definition) is 0. The first-order valence-electron chi connectivity index (χ1n) is 16.2. The van der Waals surface area contributed by atoms with E-state index in [4.69, 9.17) is 0 Å². The van der Waals surface area contributed by atoms with E-state index in [9.17, 15) is 4.79 Å². The van der Waals surface area contributed by atoms with Gasteiger partial charge >= 0.3 is 0 Å². The molecular weight excluding hydrogens is 431 g/mol. The van der Waals surface area contributed by atoms with Gasteiger partial charge in [0, 0.05) is 0 Å². The molecular formula is C33H55FO. The van der Waals surface area contributed by atoms with Crippen LogP contribution in [0.4, 0.5) is 4.39 Å². The second-order valence-corrected chi connectivity index (χ2v) is 14.1. The zero-order valence-electron chi connectivity index (χ0n) is 23.2. The van der Waals surface area contributed by atoms with Gasteiger partial charge in [0.25, 0.3) is 0 Å². The molecule has 0 aromatic carbocycles. The molecule has 0 amide bonds. The predicted octanol–water partition coefficient (Wildman–Crippen LogP) is 9.86. The summed E-state index contributed by atoms with van der Waals surface area (Å²) >= 11 is 0. The minimum Gasteiger partial charge on any atom is -0.298 e. The Morgan fingerprint density at radius 1 is 0.629 bits per heavy atom. The summed E-state index contributed by atoms with van der Waals surface area (Å²) < 4.78 is 16.1. The zero-order valence-corrected chi connectivity index (χ0v) is 23.2. The highest BCUT2D eigenvalue weighted by atomic mass is 19.1. The van der Waals surface area contributed by atoms with Crippen LogP contribution in [0, 0.1) is 46.3 Å². The first-order valence-corrected chi connectivity index (χ1v) is 16.2. The number of ketones is 1. The van der Waals surface area contributed by atoms with Crippen LogP contribution in [-0.2, 0) is 4.79 Å². The molecule has 0 aromatic rings. The van der Waals surface area contributed by atoms with Gasteiger partial charge in [0.1, 0.15) is 6.17 Å². The van der Waals surface area contributed by atoms with E-state index < -0.39 is 17.0 Å². The fourth-order valence-corrected chi connectivity index (χ4v) is 10.1. The van der Waals surface area contributed by atoms with Crippen molar-refractivity contribution in [2.24, 2.45) is 46.3 Å². The lowest BCUT2D eigenvalue weighted by Gasteiger charge is -2.62. The van der Waals surface area contributed by atoms with E-state index in [0.717, 1.165) is 86.9 Å². The van der Waals surface area contributed by atoms with E-state index >= 15 is 4.39 Å². The van der Waals surface area contributed by atoms with Gasteiger partial charge in [-0.15, -0.1) is 0 Å². The Kier molecular flexibility index (Phi) is 8.35. The minimum absolute atomic E-state index is 0.378. The van der Waals surface area contributed by atoms with E-state index in [1.54, 1.807) is 0 Å². The van der Waals surface area contributed by atoms with Crippen molar-refractivity contribution in [2.45, 2.75) is 155 Å². The normalized spacial score (nSPS) is 46.6. The van der Waals surface area contributed by atoms with E-state index in [1.165, 1.54) is 83.5 Å². The summed E-state index contributed by atoms with van der Waals surface area (Å²) in [6.45, 7) is 4.63. The van der Waals surface area contributed by atoms with Gasteiger partial charge in [-0.3, -0.25) is 4.79 Å². The van der Waals surface area contributed by atoms with E-state index in [1.807, 2.05) is 0 Å². The smallest absolute Gasteiger partial charge is 0.151 e. The highest BCUT2D eigenvalue weighted by molar-refractivity contribution is 5.98. The maximum absolute atomic E-state index is 16.1. The molecule has 1 unspecified atom stereocenters. The fourth-order valence-electron chi connectivity index (χ4n) is 10.1. The number of alkyl halides is 1. The third-order valence-corrected chi connectivity index (χ3v) is 12.6. The highest BCUT2D eigenvalue weighted by Gasteiger charge is 2.71. The van der Waals surface area contributed by atoms with Crippen LogP contribution in [0.5, 0.6) is 0 Å². The summed E-state index contributed by atoms with van der Waals surface area (Å²) in [5, 5.41) is 0. The molecule has 2 heteroatoms. The molecule has 2 spiro atoms. The third kappa shape index (κ3) is 4.92. The summed E-state index contributed by atoms with van der Waals surface area (Å²) in [7, 11) is 0. The van der Waals surface area contributed by atoms with Crippen molar-refractivity contribution in [2.75, 3.05) is 0 Å². The van der Waals surface area contributed by atoms with Crippen molar-refractivity contribution >= 4 is 5.78 Å². The molecule has 5 saturated carbocycles. The zero-order chi connectivity index (χ0) is 24.5. The summed E-state index contributed by atoms with van der Waals surface area (Å²) in [6, 6.07) is 0. The van der Waals surface area contributed by atoms with Crippen LogP contribution in [0.2, 0.25) is 0 Å². The summed E-state index contributed by atoms with van der Waals surface area (Å²) in [4.78, 5) is 13.7. The maximum Gasteiger partial charge on any atom is 0.151 e. The van der Waals surface area contributed by atoms with Gasteiger partial charge < -0.3 is 0 Å². The van der Waals surface area contributed by atoms with Crippen molar-refractivity contribution < 1.29 is 9.18 Å². The average Bonchev–Trinajstić information content (AvgIpc) is 2.93. The van der Waals surface area contributed by atoms with Crippen LogP contribution in [0.3, 0.4) is 0 Å². The molecule has 0 saturated heterocycles. The molecule has 5 aliphatic carbocycles. The van der Waals surface area contributed by atoms with Crippen molar-refractivity contribution in [1.29, 1.82) is 0 Å². The first kappa shape index (κ1) is 26.2. The summed E-state index contributed by atoms with van der Waals surface area (Å²) in [5.74, 6) is 5.53. The van der Waals surface area contributed by atoms with Crippen molar-refractivity contribution in [3.63, 3.8) is 0 Å². The second kappa shape index (κ2) is 11.1. The average molecular weight is 487 g/mol. The number of halogens is 1. The monoisotopic (exact) mass is 486 g/mol. The number of hydrogen-bond acceptors (Lipinski definition) is 1. The molecule has 1 atom stereocenters. The second-order valence-electron chi connectivity index (χ2n) is 14.1. The quantitative estimate of drug-likeness (QED) is 0.327. The van der Waals surface area contributed by atoms with Gasteiger partial charge in [-0.2, -0.15) is 0 Å². The Morgan fingerprint density at radius 2 is 1.06 bits per heavy atom. The largest absolute Gasteiger partial charge is 0.298 e. The Hall–Kier alpha value is -0.400. The van der Waals surface area contributed by atoms with Crippen LogP contribution in [0.25, 0.3) is 0 Å². The van der Waals surface area contributed by atoms with Gasteiger partial charge in [0.2, 0.25) is 0 Å². The summed E-state index contributed by atoms with van der Waals surface area (Å²) in [6.07, 6.45) is 25.2. The molecule has 5 rings (SSSR count). The Labute approximate surface area is 216 Å². The molecule has 35 heavy (non-hydrogen) atoms. The molecule has 1 nitrogen and oxygen atoms in total. The number of Topliss-reactive ketones (excluding diaryl/α,β-unsaturated/α-hetero) is 1. The number of carbonyl (C=O) groups excluding carboxylic acids is 1. The van der Waals surface area contributed by atoms with Crippen LogP contribution < -0.4 is 0 Å². The SMILES string of the molecule is CCCCC[C@H]1CC[C@H](C2CCC3(CC2)C(=O)C2(CCC([C@H]4CC[C@H](CC)CC4)CC2)C3F)CC1. The van der Waals surface area contributed by atoms with Crippen molar-refractivity contribution in [3.05, 3.63) is 0 Å². The van der Waals surface area contributed by atoms with Crippen molar-refractivity contribution in [1.82, 2.24) is 0 Å². The van der Waals surface area contributed by atoms with Gasteiger partial charge in [-0.25, -0.2) is 4.39 Å². The Balaban J connectivity index is 1.08. The summed E-state index contributed by atoms with van der Waals surface area (Å²) in [5.41, 5.74) is -1.14. The van der Waals surface area contributed by atoms with Crippen LogP contribution in [0.15, 0.2) is 0 Å². The fraction of sp³-hybridized carbons (Fsp3) is 0.970. The minimum atomic E-state index is -0.838. The first-order chi connectivity index (χ1) is 17.0. The Bertz CT molecular complexity index is 682. The number of unbranched alkanes of at least 4 members (excludes halogenated alkanes) is 2. The number of carbonyl (C=O) groups is 1. The van der Waals surface area contributed by atoms with E-state index in [2.05, 4.69) is 13.8 Å². The molecule has 5 aliphatic rings. The molecule has 0 radical (unpaired) electrons. The number of rotatable bonds is 7. The third-order valence-electron chi connectivity index (χ3n) is 12.6. The predicted molar refractivity (Wildman–Crippen MR) is 144 cm³/mol. The molecule has 0 bridgehead atoms. The standard InChI is InChI=1S/C33H55FO/c1-3-5-6-7-25-10-14-27(15-11-25)29-18-22-33(23-19-29)30(34)32(31(33)35)20-16-28(17-21-32)26-12-8-24(4-2)9-13-26/h24-30H,3-23H2,1-2H3/t24-,25-,26-,27-,28?,29?,30?,32?,33?. The lowest BCUT2D eigenvalue weighted by Crippen LogP contribution is -2.69. The van der Waals surface area contributed by atoms with Gasteiger partial charge in [0.05, 0.1) is 10.8 Å². The van der Waals surface area contributed by atoms with E-state index in [-0.39, 0.29) is 0 Å². The highest BCUT2D eigenvalue weighted by Crippen LogP contribution is 2.66. The maximum atomic E-state index is 16.1. The lowest BCUT2D eigenvalue weighted by molar-refractivity contribution is -0.194. The lowest BCUT2D eigenvalue weighted by atomic mass is 9.41. The molecule has 0 heterocycles. The Morgan fingerprint density at radius 3 is 1.46 bits per heavy atom. The van der Waals surface area contributed by atoms with Crippen LogP contribution in [0.1, 0.15) is 149 Å². The molecule has 0 aromatic heterocycles. The van der Waals surface area contributed by atoms with Crippen LogP contribution >= 0.6 is 0 Å². The molecule has 200 valence electrons. The molecule has 5 fully saturated rings. The van der Waals surface area contributed by atoms with Crippen LogP contribution in [-0.4, -0.2) is 12.0 Å². The molecule has 0 aliphatic heterocycles.